The van der Waals surface area contributed by atoms with Gasteiger partial charge in [-0.2, -0.15) is 0 Å². The molecule has 30 heavy (non-hydrogen) atoms. The van der Waals surface area contributed by atoms with Crippen LogP contribution in [-0.2, 0) is 4.74 Å². The SMILES string of the molecule is CC(C)CC(c1ccc(OC(OCCC2CCCCC2)C(C)(C)C)cc1)C(C)(C)C. The van der Waals surface area contributed by atoms with Crippen LogP contribution in [0.1, 0.15) is 112 Å². The number of ether oxygens (including phenoxy) is 2. The van der Waals surface area contributed by atoms with Crippen LogP contribution in [-0.4, -0.2) is 12.9 Å². The molecule has 2 nitrogen and oxygen atoms in total. The molecule has 0 spiro atoms. The Morgan fingerprint density at radius 2 is 1.47 bits per heavy atom. The van der Waals surface area contributed by atoms with Crippen LogP contribution in [0.4, 0.5) is 0 Å². The highest BCUT2D eigenvalue weighted by atomic mass is 16.7. The summed E-state index contributed by atoms with van der Waals surface area (Å²) < 4.78 is 12.6. The van der Waals surface area contributed by atoms with Crippen LogP contribution in [0.25, 0.3) is 0 Å². The van der Waals surface area contributed by atoms with Crippen LogP contribution >= 0.6 is 0 Å². The van der Waals surface area contributed by atoms with Crippen LogP contribution in [0.3, 0.4) is 0 Å². The first-order chi connectivity index (χ1) is 14.0. The van der Waals surface area contributed by atoms with Crippen molar-refractivity contribution in [2.75, 3.05) is 6.61 Å². The summed E-state index contributed by atoms with van der Waals surface area (Å²) >= 11 is 0. The van der Waals surface area contributed by atoms with Crippen molar-refractivity contribution in [1.82, 2.24) is 0 Å². The second-order valence-corrected chi connectivity index (χ2v) is 12.1. The molecule has 2 unspecified atom stereocenters. The van der Waals surface area contributed by atoms with Crippen molar-refractivity contribution < 1.29 is 9.47 Å². The van der Waals surface area contributed by atoms with Gasteiger partial charge in [0.15, 0.2) is 0 Å². The molecule has 0 aromatic heterocycles. The molecular weight excluding hydrogens is 368 g/mol. The molecule has 1 fully saturated rings. The average Bonchev–Trinajstić information content (AvgIpc) is 2.65. The van der Waals surface area contributed by atoms with Gasteiger partial charge in [-0.3, -0.25) is 0 Å². The van der Waals surface area contributed by atoms with E-state index in [4.69, 9.17) is 9.47 Å². The molecule has 172 valence electrons. The summed E-state index contributed by atoms with van der Waals surface area (Å²) in [7, 11) is 0. The highest BCUT2D eigenvalue weighted by molar-refractivity contribution is 5.30. The molecule has 0 bridgehead atoms. The molecular formula is C28H48O2. The lowest BCUT2D eigenvalue weighted by Gasteiger charge is -2.33. The fourth-order valence-electron chi connectivity index (χ4n) is 4.64. The van der Waals surface area contributed by atoms with Crippen LogP contribution in [0.5, 0.6) is 5.75 Å². The van der Waals surface area contributed by atoms with Gasteiger partial charge in [0.2, 0.25) is 6.29 Å². The molecule has 2 heteroatoms. The topological polar surface area (TPSA) is 18.5 Å². The van der Waals surface area contributed by atoms with Crippen LogP contribution in [0.15, 0.2) is 24.3 Å². The van der Waals surface area contributed by atoms with E-state index in [2.05, 4.69) is 79.7 Å². The molecule has 0 aliphatic heterocycles. The van der Waals surface area contributed by atoms with E-state index in [0.717, 1.165) is 24.7 Å². The predicted octanol–water partition coefficient (Wildman–Crippen LogP) is 8.60. The van der Waals surface area contributed by atoms with E-state index < -0.39 is 0 Å². The highest BCUT2D eigenvalue weighted by Gasteiger charge is 2.29. The summed E-state index contributed by atoms with van der Waals surface area (Å²) in [5.74, 6) is 2.99. The van der Waals surface area contributed by atoms with Gasteiger partial charge in [-0.25, -0.2) is 0 Å². The molecule has 0 radical (unpaired) electrons. The molecule has 0 amide bonds. The Balaban J connectivity index is 1.99. The smallest absolute Gasteiger partial charge is 0.204 e. The second kappa shape index (κ2) is 11.0. The molecule has 1 aliphatic carbocycles. The van der Waals surface area contributed by atoms with E-state index >= 15 is 0 Å². The maximum absolute atomic E-state index is 6.35. The minimum absolute atomic E-state index is 0.0587. The van der Waals surface area contributed by atoms with Gasteiger partial charge < -0.3 is 9.47 Å². The minimum atomic E-state index is -0.221. The first-order valence-corrected chi connectivity index (χ1v) is 12.3. The largest absolute Gasteiger partial charge is 0.464 e. The number of rotatable bonds is 9. The Labute approximate surface area is 187 Å². The van der Waals surface area contributed by atoms with E-state index in [1.54, 1.807) is 0 Å². The zero-order valence-electron chi connectivity index (χ0n) is 21.1. The third-order valence-electron chi connectivity index (χ3n) is 6.51. The zero-order valence-corrected chi connectivity index (χ0v) is 21.1. The summed E-state index contributed by atoms with van der Waals surface area (Å²) in [5, 5.41) is 0. The summed E-state index contributed by atoms with van der Waals surface area (Å²) in [6, 6.07) is 8.79. The fourth-order valence-corrected chi connectivity index (χ4v) is 4.64. The molecule has 1 saturated carbocycles. The zero-order chi connectivity index (χ0) is 22.4. The molecule has 2 rings (SSSR count). The van der Waals surface area contributed by atoms with Gasteiger partial charge in [-0.1, -0.05) is 99.6 Å². The Bertz CT molecular complexity index is 597. The van der Waals surface area contributed by atoms with Crippen molar-refractivity contribution in [3.8, 4) is 5.75 Å². The van der Waals surface area contributed by atoms with E-state index in [9.17, 15) is 0 Å². The third-order valence-corrected chi connectivity index (χ3v) is 6.51. The van der Waals surface area contributed by atoms with E-state index in [0.29, 0.717) is 11.8 Å². The van der Waals surface area contributed by atoms with Crippen LogP contribution in [0, 0.1) is 22.7 Å². The molecule has 0 heterocycles. The van der Waals surface area contributed by atoms with Crippen molar-refractivity contribution in [3.05, 3.63) is 29.8 Å². The van der Waals surface area contributed by atoms with Crippen molar-refractivity contribution in [3.63, 3.8) is 0 Å². The Kier molecular flexibility index (Phi) is 9.28. The van der Waals surface area contributed by atoms with E-state index in [-0.39, 0.29) is 17.1 Å². The average molecular weight is 417 g/mol. The quantitative estimate of drug-likeness (QED) is 0.375. The molecule has 1 aromatic carbocycles. The Morgan fingerprint density at radius 3 is 1.97 bits per heavy atom. The van der Waals surface area contributed by atoms with Gasteiger partial charge in [-0.15, -0.1) is 0 Å². The lowest BCUT2D eigenvalue weighted by atomic mass is 9.72. The molecule has 1 aromatic rings. The van der Waals surface area contributed by atoms with E-state index in [1.165, 1.54) is 44.1 Å². The maximum Gasteiger partial charge on any atom is 0.204 e. The monoisotopic (exact) mass is 416 g/mol. The lowest BCUT2D eigenvalue weighted by Crippen LogP contribution is -2.35. The number of hydrogen-bond donors (Lipinski definition) is 0. The second-order valence-electron chi connectivity index (χ2n) is 12.1. The minimum Gasteiger partial charge on any atom is -0.464 e. The van der Waals surface area contributed by atoms with Crippen molar-refractivity contribution >= 4 is 0 Å². The first kappa shape index (κ1) is 25.2. The van der Waals surface area contributed by atoms with Gasteiger partial charge in [0.05, 0.1) is 6.61 Å². The third kappa shape index (κ3) is 8.25. The molecule has 2 atom stereocenters. The molecule has 0 N–H and O–H groups in total. The van der Waals surface area contributed by atoms with Crippen molar-refractivity contribution in [1.29, 1.82) is 0 Å². The first-order valence-electron chi connectivity index (χ1n) is 12.3. The number of benzene rings is 1. The van der Waals surface area contributed by atoms with Gasteiger partial charge in [0.1, 0.15) is 5.75 Å². The summed E-state index contributed by atoms with van der Waals surface area (Å²) in [6.45, 7) is 19.1. The molecule has 1 aliphatic rings. The summed E-state index contributed by atoms with van der Waals surface area (Å²) in [5.41, 5.74) is 1.61. The fraction of sp³-hybridized carbons (Fsp3) is 0.786. The van der Waals surface area contributed by atoms with Crippen molar-refractivity contribution in [2.24, 2.45) is 22.7 Å². The van der Waals surface area contributed by atoms with Gasteiger partial charge in [-0.05, 0) is 53.7 Å². The van der Waals surface area contributed by atoms with Gasteiger partial charge >= 0.3 is 0 Å². The van der Waals surface area contributed by atoms with Crippen LogP contribution < -0.4 is 4.74 Å². The summed E-state index contributed by atoms with van der Waals surface area (Å²) in [6.07, 6.45) is 9.09. The normalized spacial score (nSPS) is 18.4. The maximum atomic E-state index is 6.35. The van der Waals surface area contributed by atoms with Crippen molar-refractivity contribution in [2.45, 2.75) is 113 Å². The highest BCUT2D eigenvalue weighted by Crippen LogP contribution is 2.40. The number of hydrogen-bond acceptors (Lipinski definition) is 2. The Morgan fingerprint density at radius 1 is 0.867 bits per heavy atom. The van der Waals surface area contributed by atoms with Gasteiger partial charge in [0.25, 0.3) is 0 Å². The lowest BCUT2D eigenvalue weighted by molar-refractivity contribution is -0.143. The predicted molar refractivity (Wildman–Crippen MR) is 129 cm³/mol. The van der Waals surface area contributed by atoms with Crippen LogP contribution in [0.2, 0.25) is 0 Å². The summed E-state index contributed by atoms with van der Waals surface area (Å²) in [4.78, 5) is 0. The Hall–Kier alpha value is -1.02. The standard InChI is InChI=1S/C28H48O2/c1-21(2)20-25(27(3,4)5)23-14-16-24(17-15-23)30-26(28(6,7)8)29-19-18-22-12-10-9-11-13-22/h14-17,21-22,25-26H,9-13,18-20H2,1-8H3. The van der Waals surface area contributed by atoms with E-state index in [1.807, 2.05) is 0 Å². The van der Waals surface area contributed by atoms with Gasteiger partial charge in [0, 0.05) is 5.41 Å². The molecule has 0 saturated heterocycles.